The zero-order valence-electron chi connectivity index (χ0n) is 7.58. The molecule has 0 bridgehead atoms. The predicted molar refractivity (Wildman–Crippen MR) is 51.3 cm³/mol. The van der Waals surface area contributed by atoms with Crippen molar-refractivity contribution in [3.05, 3.63) is 23.0 Å². The Bertz CT molecular complexity index is 520. The molecular formula is C7H4N4O4S. The van der Waals surface area contributed by atoms with Crippen molar-refractivity contribution in [2.45, 2.75) is 0 Å². The van der Waals surface area contributed by atoms with Gasteiger partial charge in [0.05, 0.1) is 0 Å². The Hall–Kier alpha value is -2.29. The first-order valence-corrected chi connectivity index (χ1v) is 4.82. The minimum atomic E-state index is -1.29. The Morgan fingerprint density at radius 1 is 1.50 bits per heavy atom. The van der Waals surface area contributed by atoms with Crippen molar-refractivity contribution in [2.24, 2.45) is 0 Å². The van der Waals surface area contributed by atoms with Crippen LogP contribution in [0.15, 0.2) is 16.1 Å². The standard InChI is InChI=1S/C7H4N4O4S/c12-5(9-7-10-8-2-16-7)3-1-4(6(13)14)15-11-3/h1-2H,(H,13,14)(H,9,10,12). The molecule has 2 aromatic rings. The van der Waals surface area contributed by atoms with E-state index in [1.807, 2.05) is 0 Å². The minimum Gasteiger partial charge on any atom is -0.475 e. The molecule has 0 radical (unpaired) electrons. The van der Waals surface area contributed by atoms with Gasteiger partial charge in [-0.1, -0.05) is 16.5 Å². The van der Waals surface area contributed by atoms with Gasteiger partial charge in [0.25, 0.3) is 5.91 Å². The second-order valence-corrected chi connectivity index (χ2v) is 3.41. The molecule has 1 amide bonds. The van der Waals surface area contributed by atoms with E-state index in [-0.39, 0.29) is 5.69 Å². The molecule has 0 saturated heterocycles. The number of carboxylic acid groups (broad SMARTS) is 1. The summed E-state index contributed by atoms with van der Waals surface area (Å²) in [7, 11) is 0. The van der Waals surface area contributed by atoms with Gasteiger partial charge in [0, 0.05) is 6.07 Å². The second-order valence-electron chi connectivity index (χ2n) is 2.58. The molecule has 9 heteroatoms. The van der Waals surface area contributed by atoms with Crippen LogP contribution in [0, 0.1) is 0 Å². The number of carbonyl (C=O) groups is 2. The molecule has 0 atom stereocenters. The number of rotatable bonds is 3. The molecule has 0 aliphatic heterocycles. The van der Waals surface area contributed by atoms with Gasteiger partial charge in [-0.25, -0.2) is 4.79 Å². The third-order valence-electron chi connectivity index (χ3n) is 1.53. The van der Waals surface area contributed by atoms with E-state index in [1.165, 1.54) is 5.51 Å². The highest BCUT2D eigenvalue weighted by Gasteiger charge is 2.17. The third kappa shape index (κ3) is 2.03. The summed E-state index contributed by atoms with van der Waals surface area (Å²) in [4.78, 5) is 21.9. The third-order valence-corrected chi connectivity index (χ3v) is 2.14. The van der Waals surface area contributed by atoms with Gasteiger partial charge >= 0.3 is 5.97 Å². The van der Waals surface area contributed by atoms with Gasteiger partial charge in [-0.3, -0.25) is 10.1 Å². The van der Waals surface area contributed by atoms with Crippen molar-refractivity contribution in [1.29, 1.82) is 0 Å². The first-order valence-electron chi connectivity index (χ1n) is 3.94. The summed E-state index contributed by atoms with van der Waals surface area (Å²) in [6.45, 7) is 0. The number of carbonyl (C=O) groups excluding carboxylic acids is 1. The van der Waals surface area contributed by atoms with Crippen LogP contribution in [0.3, 0.4) is 0 Å². The molecule has 8 nitrogen and oxygen atoms in total. The summed E-state index contributed by atoms with van der Waals surface area (Å²) in [6.07, 6.45) is 0. The maximum Gasteiger partial charge on any atom is 0.374 e. The highest BCUT2D eigenvalue weighted by atomic mass is 32.1. The van der Waals surface area contributed by atoms with Crippen LogP contribution in [0.25, 0.3) is 0 Å². The topological polar surface area (TPSA) is 118 Å². The van der Waals surface area contributed by atoms with Crippen LogP contribution in [0.2, 0.25) is 0 Å². The first kappa shape index (κ1) is 10.2. The van der Waals surface area contributed by atoms with E-state index in [0.717, 1.165) is 17.4 Å². The van der Waals surface area contributed by atoms with E-state index in [0.29, 0.717) is 5.13 Å². The molecule has 0 spiro atoms. The minimum absolute atomic E-state index is 0.132. The number of aromatic nitrogens is 3. The molecule has 82 valence electrons. The Balaban J connectivity index is 2.12. The molecule has 0 aliphatic carbocycles. The van der Waals surface area contributed by atoms with Gasteiger partial charge in [0.2, 0.25) is 10.9 Å². The van der Waals surface area contributed by atoms with E-state index in [9.17, 15) is 9.59 Å². The van der Waals surface area contributed by atoms with Crippen LogP contribution in [0.5, 0.6) is 0 Å². The Kier molecular flexibility index (Phi) is 2.60. The van der Waals surface area contributed by atoms with Gasteiger partial charge in [-0.2, -0.15) is 0 Å². The smallest absolute Gasteiger partial charge is 0.374 e. The Labute approximate surface area is 91.9 Å². The summed E-state index contributed by atoms with van der Waals surface area (Å²) >= 11 is 1.13. The molecule has 16 heavy (non-hydrogen) atoms. The predicted octanol–water partition coefficient (Wildman–Crippen LogP) is 0.477. The van der Waals surface area contributed by atoms with Crippen LogP contribution < -0.4 is 5.32 Å². The van der Waals surface area contributed by atoms with Crippen molar-refractivity contribution in [3.63, 3.8) is 0 Å². The van der Waals surface area contributed by atoms with Gasteiger partial charge in [0.15, 0.2) is 5.69 Å². The van der Waals surface area contributed by atoms with Crippen molar-refractivity contribution >= 4 is 28.3 Å². The highest BCUT2D eigenvalue weighted by Crippen LogP contribution is 2.10. The zero-order chi connectivity index (χ0) is 11.5. The van der Waals surface area contributed by atoms with E-state index < -0.39 is 17.6 Å². The van der Waals surface area contributed by atoms with Gasteiger partial charge in [-0.05, 0) is 0 Å². The van der Waals surface area contributed by atoms with E-state index in [2.05, 4.69) is 25.2 Å². The van der Waals surface area contributed by atoms with Crippen LogP contribution in [-0.4, -0.2) is 32.3 Å². The summed E-state index contributed by atoms with van der Waals surface area (Å²) < 4.78 is 4.42. The number of nitrogens with one attached hydrogen (secondary N) is 1. The maximum absolute atomic E-state index is 11.5. The summed E-state index contributed by atoms with van der Waals surface area (Å²) in [5.74, 6) is -2.29. The number of hydrogen-bond acceptors (Lipinski definition) is 7. The monoisotopic (exact) mass is 240 g/mol. The van der Waals surface area contributed by atoms with Crippen molar-refractivity contribution < 1.29 is 19.2 Å². The molecule has 0 saturated carbocycles. The van der Waals surface area contributed by atoms with Gasteiger partial charge in [-0.15, -0.1) is 10.2 Å². The summed E-state index contributed by atoms with van der Waals surface area (Å²) in [5.41, 5.74) is 1.31. The number of hydrogen-bond donors (Lipinski definition) is 2. The normalized spacial score (nSPS) is 10.0. The van der Waals surface area contributed by atoms with Gasteiger partial charge in [0.1, 0.15) is 5.51 Å². The lowest BCUT2D eigenvalue weighted by molar-refractivity contribution is 0.0651. The molecule has 2 N–H and O–H groups in total. The highest BCUT2D eigenvalue weighted by molar-refractivity contribution is 7.13. The molecule has 2 rings (SSSR count). The SMILES string of the molecule is O=C(Nc1nncs1)c1cc(C(=O)O)on1. The largest absolute Gasteiger partial charge is 0.475 e. The lowest BCUT2D eigenvalue weighted by Gasteiger charge is -1.94. The number of aromatic carboxylic acids is 1. The van der Waals surface area contributed by atoms with Crippen LogP contribution in [0.1, 0.15) is 21.0 Å². The molecule has 0 aromatic carbocycles. The fourth-order valence-electron chi connectivity index (χ4n) is 0.872. The number of nitrogens with zero attached hydrogens (tertiary/aromatic N) is 3. The van der Waals surface area contributed by atoms with Crippen molar-refractivity contribution in [1.82, 2.24) is 15.4 Å². The number of carboxylic acids is 1. The van der Waals surface area contributed by atoms with Crippen molar-refractivity contribution in [3.8, 4) is 0 Å². The lowest BCUT2D eigenvalue weighted by Crippen LogP contribution is -2.12. The average molecular weight is 240 g/mol. The quantitative estimate of drug-likeness (QED) is 0.800. The molecule has 0 unspecified atom stereocenters. The van der Waals surface area contributed by atoms with Crippen LogP contribution in [0.4, 0.5) is 5.13 Å². The molecular weight excluding hydrogens is 236 g/mol. The molecule has 0 fully saturated rings. The number of anilines is 1. The fourth-order valence-corrected chi connectivity index (χ4v) is 1.31. The Morgan fingerprint density at radius 2 is 2.31 bits per heavy atom. The average Bonchev–Trinajstić information content (AvgIpc) is 2.86. The molecule has 2 heterocycles. The van der Waals surface area contributed by atoms with Crippen molar-refractivity contribution in [2.75, 3.05) is 5.32 Å². The summed E-state index contributed by atoms with van der Waals surface area (Å²) in [6, 6.07) is 1.03. The van der Waals surface area contributed by atoms with E-state index in [1.54, 1.807) is 0 Å². The fraction of sp³-hybridized carbons (Fsp3) is 0. The summed E-state index contributed by atoms with van der Waals surface area (Å²) in [5, 5.41) is 21.6. The molecule has 0 aliphatic rings. The second kappa shape index (κ2) is 4.06. The van der Waals surface area contributed by atoms with E-state index in [4.69, 9.17) is 5.11 Å². The van der Waals surface area contributed by atoms with Crippen LogP contribution >= 0.6 is 11.3 Å². The lowest BCUT2D eigenvalue weighted by atomic mass is 10.3. The zero-order valence-corrected chi connectivity index (χ0v) is 8.39. The Morgan fingerprint density at radius 3 is 2.88 bits per heavy atom. The molecule has 2 aromatic heterocycles. The first-order chi connectivity index (χ1) is 7.66. The van der Waals surface area contributed by atoms with Gasteiger partial charge < -0.3 is 9.63 Å². The number of amides is 1. The van der Waals surface area contributed by atoms with Crippen LogP contribution in [-0.2, 0) is 0 Å². The van der Waals surface area contributed by atoms with E-state index >= 15 is 0 Å². The maximum atomic E-state index is 11.5.